The summed E-state index contributed by atoms with van der Waals surface area (Å²) in [5, 5.41) is 3.46. The van der Waals surface area contributed by atoms with Crippen molar-refractivity contribution in [1.29, 1.82) is 0 Å². The van der Waals surface area contributed by atoms with Crippen LogP contribution in [0.5, 0.6) is 0 Å². The Morgan fingerprint density at radius 1 is 1.32 bits per heavy atom. The third-order valence-corrected chi connectivity index (χ3v) is 4.03. The van der Waals surface area contributed by atoms with E-state index in [9.17, 15) is 0 Å². The zero-order valence-corrected chi connectivity index (χ0v) is 11.6. The maximum Gasteiger partial charge on any atom is 0.136 e. The molecular weight excluding hydrogens is 240 g/mol. The number of ether oxygens (including phenoxy) is 1. The first-order valence-electron chi connectivity index (χ1n) is 7.17. The predicted octanol–water partition coefficient (Wildman–Crippen LogP) is 2.22. The molecule has 19 heavy (non-hydrogen) atoms. The molecule has 0 aromatic carbocycles. The summed E-state index contributed by atoms with van der Waals surface area (Å²) in [5.74, 6) is 2.88. The SMILES string of the molecule is Cc1c(N)nc(C2CC2)nc1NC(C)C1CCCO1. The largest absolute Gasteiger partial charge is 0.383 e. The van der Waals surface area contributed by atoms with E-state index in [0.29, 0.717) is 11.7 Å². The van der Waals surface area contributed by atoms with Crippen LogP contribution < -0.4 is 11.1 Å². The van der Waals surface area contributed by atoms with E-state index < -0.39 is 0 Å². The van der Waals surface area contributed by atoms with Crippen molar-refractivity contribution in [3.63, 3.8) is 0 Å². The van der Waals surface area contributed by atoms with Crippen LogP contribution >= 0.6 is 0 Å². The number of nitrogen functional groups attached to an aromatic ring is 1. The monoisotopic (exact) mass is 262 g/mol. The minimum atomic E-state index is 0.252. The van der Waals surface area contributed by atoms with Gasteiger partial charge in [0.2, 0.25) is 0 Å². The highest BCUT2D eigenvalue weighted by molar-refractivity contribution is 5.55. The van der Waals surface area contributed by atoms with E-state index in [1.807, 2.05) is 6.92 Å². The smallest absolute Gasteiger partial charge is 0.136 e. The van der Waals surface area contributed by atoms with Gasteiger partial charge in [-0.15, -0.1) is 0 Å². The summed E-state index contributed by atoms with van der Waals surface area (Å²) in [6.45, 7) is 4.98. The first-order valence-corrected chi connectivity index (χ1v) is 7.17. The van der Waals surface area contributed by atoms with Gasteiger partial charge in [0.25, 0.3) is 0 Å². The van der Waals surface area contributed by atoms with Crippen molar-refractivity contribution in [1.82, 2.24) is 9.97 Å². The van der Waals surface area contributed by atoms with Gasteiger partial charge < -0.3 is 15.8 Å². The van der Waals surface area contributed by atoms with E-state index in [1.165, 1.54) is 12.8 Å². The van der Waals surface area contributed by atoms with Crippen LogP contribution in [0.4, 0.5) is 11.6 Å². The molecule has 1 aromatic rings. The molecule has 3 N–H and O–H groups in total. The molecule has 2 aliphatic rings. The number of hydrogen-bond donors (Lipinski definition) is 2. The minimum absolute atomic E-state index is 0.252. The molecule has 0 radical (unpaired) electrons. The van der Waals surface area contributed by atoms with Crippen molar-refractivity contribution in [3.05, 3.63) is 11.4 Å². The third kappa shape index (κ3) is 2.66. The Hall–Kier alpha value is -1.36. The molecule has 1 saturated heterocycles. The van der Waals surface area contributed by atoms with Crippen molar-refractivity contribution in [2.75, 3.05) is 17.7 Å². The molecule has 2 fully saturated rings. The summed E-state index contributed by atoms with van der Waals surface area (Å²) in [6, 6.07) is 0.252. The van der Waals surface area contributed by atoms with E-state index in [2.05, 4.69) is 22.2 Å². The van der Waals surface area contributed by atoms with E-state index in [4.69, 9.17) is 10.5 Å². The standard InChI is InChI=1S/C14H22N4O/c1-8-12(15)17-14(10-5-6-10)18-13(8)16-9(2)11-4-3-7-19-11/h9-11H,3-7H2,1-2H3,(H3,15,16,17,18). The fourth-order valence-electron chi connectivity index (χ4n) is 2.52. The van der Waals surface area contributed by atoms with Gasteiger partial charge in [-0.3, -0.25) is 0 Å². The number of aromatic nitrogens is 2. The molecule has 104 valence electrons. The molecule has 1 aliphatic heterocycles. The number of nitrogens with one attached hydrogen (secondary N) is 1. The van der Waals surface area contributed by atoms with Gasteiger partial charge in [-0.2, -0.15) is 0 Å². The second-order valence-electron chi connectivity index (χ2n) is 5.70. The maximum atomic E-state index is 5.99. The molecule has 0 bridgehead atoms. The molecule has 2 heterocycles. The van der Waals surface area contributed by atoms with E-state index in [-0.39, 0.29) is 12.1 Å². The molecule has 3 rings (SSSR count). The summed E-state index contributed by atoms with van der Waals surface area (Å²) in [4.78, 5) is 9.04. The number of rotatable bonds is 4. The number of anilines is 2. The molecule has 2 atom stereocenters. The first-order chi connectivity index (χ1) is 9.15. The third-order valence-electron chi connectivity index (χ3n) is 4.03. The van der Waals surface area contributed by atoms with Gasteiger partial charge in [-0.25, -0.2) is 9.97 Å². The lowest BCUT2D eigenvalue weighted by molar-refractivity contribution is 0.0995. The average molecular weight is 262 g/mol. The Morgan fingerprint density at radius 3 is 2.74 bits per heavy atom. The number of hydrogen-bond acceptors (Lipinski definition) is 5. The van der Waals surface area contributed by atoms with Crippen LogP contribution in [0, 0.1) is 6.92 Å². The second-order valence-corrected chi connectivity index (χ2v) is 5.70. The van der Waals surface area contributed by atoms with E-state index in [1.54, 1.807) is 0 Å². The summed E-state index contributed by atoms with van der Waals surface area (Å²) >= 11 is 0. The van der Waals surface area contributed by atoms with Gasteiger partial charge in [0.15, 0.2) is 0 Å². The lowest BCUT2D eigenvalue weighted by Gasteiger charge is -2.22. The van der Waals surface area contributed by atoms with Crippen molar-refractivity contribution in [3.8, 4) is 0 Å². The van der Waals surface area contributed by atoms with Crippen molar-refractivity contribution >= 4 is 11.6 Å². The molecule has 1 aliphatic carbocycles. The van der Waals surface area contributed by atoms with Crippen LogP contribution in [0.15, 0.2) is 0 Å². The molecule has 0 amide bonds. The van der Waals surface area contributed by atoms with Gasteiger partial charge in [-0.05, 0) is 39.5 Å². The van der Waals surface area contributed by atoms with Gasteiger partial charge in [0.05, 0.1) is 12.1 Å². The Morgan fingerprint density at radius 2 is 2.11 bits per heavy atom. The Bertz CT molecular complexity index is 467. The zero-order chi connectivity index (χ0) is 13.4. The quantitative estimate of drug-likeness (QED) is 0.870. The fourth-order valence-corrected chi connectivity index (χ4v) is 2.52. The first kappa shape index (κ1) is 12.7. The summed E-state index contributed by atoms with van der Waals surface area (Å²) < 4.78 is 5.71. The molecule has 1 saturated carbocycles. The predicted molar refractivity (Wildman–Crippen MR) is 75.2 cm³/mol. The highest BCUT2D eigenvalue weighted by atomic mass is 16.5. The highest BCUT2D eigenvalue weighted by Gasteiger charge is 2.29. The lowest BCUT2D eigenvalue weighted by Crippen LogP contribution is -2.31. The maximum absolute atomic E-state index is 5.99. The number of nitrogens with zero attached hydrogens (tertiary/aromatic N) is 2. The van der Waals surface area contributed by atoms with E-state index >= 15 is 0 Å². The van der Waals surface area contributed by atoms with Gasteiger partial charge >= 0.3 is 0 Å². The van der Waals surface area contributed by atoms with E-state index in [0.717, 1.165) is 36.7 Å². The topological polar surface area (TPSA) is 73.1 Å². The Balaban J connectivity index is 1.78. The molecule has 2 unspecified atom stereocenters. The normalized spacial score (nSPS) is 24.4. The molecule has 5 heteroatoms. The lowest BCUT2D eigenvalue weighted by atomic mass is 10.1. The second kappa shape index (κ2) is 4.96. The van der Waals surface area contributed by atoms with Crippen LogP contribution in [0.1, 0.15) is 49.9 Å². The average Bonchev–Trinajstić information content (AvgIpc) is 3.09. The molecule has 1 aromatic heterocycles. The van der Waals surface area contributed by atoms with Crippen LogP contribution in [-0.2, 0) is 4.74 Å². The molecular formula is C14H22N4O. The minimum Gasteiger partial charge on any atom is -0.383 e. The number of nitrogens with two attached hydrogens (primary N) is 1. The molecule has 5 nitrogen and oxygen atoms in total. The summed E-state index contributed by atoms with van der Waals surface area (Å²) in [6.07, 6.45) is 4.91. The van der Waals surface area contributed by atoms with Gasteiger partial charge in [-0.1, -0.05) is 0 Å². The Labute approximate surface area is 114 Å². The van der Waals surface area contributed by atoms with Crippen LogP contribution in [0.25, 0.3) is 0 Å². The molecule has 0 spiro atoms. The van der Waals surface area contributed by atoms with Crippen LogP contribution in [0.3, 0.4) is 0 Å². The van der Waals surface area contributed by atoms with Crippen molar-refractivity contribution < 1.29 is 4.74 Å². The van der Waals surface area contributed by atoms with Gasteiger partial charge in [0.1, 0.15) is 17.5 Å². The van der Waals surface area contributed by atoms with Crippen LogP contribution in [0.2, 0.25) is 0 Å². The van der Waals surface area contributed by atoms with Gasteiger partial charge in [0, 0.05) is 18.1 Å². The summed E-state index contributed by atoms with van der Waals surface area (Å²) in [7, 11) is 0. The highest BCUT2D eigenvalue weighted by Crippen LogP contribution is 2.39. The summed E-state index contributed by atoms with van der Waals surface area (Å²) in [5.41, 5.74) is 6.93. The van der Waals surface area contributed by atoms with Crippen molar-refractivity contribution in [2.24, 2.45) is 0 Å². The van der Waals surface area contributed by atoms with Crippen molar-refractivity contribution in [2.45, 2.75) is 57.6 Å². The Kier molecular flexibility index (Phi) is 3.31. The fraction of sp³-hybridized carbons (Fsp3) is 0.714. The van der Waals surface area contributed by atoms with Crippen LogP contribution in [-0.4, -0.2) is 28.7 Å². The zero-order valence-electron chi connectivity index (χ0n) is 11.6.